The Kier molecular flexibility index (Phi) is 5.88. The highest BCUT2D eigenvalue weighted by molar-refractivity contribution is 6.02. The van der Waals surface area contributed by atoms with Crippen molar-refractivity contribution >= 4 is 23.3 Å². The van der Waals surface area contributed by atoms with Crippen LogP contribution in [0.4, 0.5) is 11.4 Å². The molecule has 25 heavy (non-hydrogen) atoms. The highest BCUT2D eigenvalue weighted by Crippen LogP contribution is 2.25. The lowest BCUT2D eigenvalue weighted by atomic mass is 10.1. The van der Waals surface area contributed by atoms with E-state index in [9.17, 15) is 9.59 Å². The van der Waals surface area contributed by atoms with Crippen LogP contribution in [-0.4, -0.2) is 57.9 Å². The van der Waals surface area contributed by atoms with Crippen molar-refractivity contribution in [3.8, 4) is 0 Å². The number of morpholine rings is 1. The first kappa shape index (κ1) is 17.7. The summed E-state index contributed by atoms with van der Waals surface area (Å²) in [5.74, 6) is -0.548. The fourth-order valence-electron chi connectivity index (χ4n) is 3.29. The summed E-state index contributed by atoms with van der Waals surface area (Å²) in [7, 11) is 1.35. The minimum absolute atomic E-state index is 0.0938. The Balaban J connectivity index is 1.74. The van der Waals surface area contributed by atoms with Crippen LogP contribution in [0.15, 0.2) is 18.2 Å². The quantitative estimate of drug-likeness (QED) is 0.784. The zero-order chi connectivity index (χ0) is 17.6. The van der Waals surface area contributed by atoms with Gasteiger partial charge in [0, 0.05) is 31.2 Å². The Morgan fingerprint density at radius 3 is 2.84 bits per heavy atom. The highest BCUT2D eigenvalue weighted by Gasteiger charge is 2.21. The van der Waals surface area contributed by atoms with Crippen LogP contribution < -0.4 is 15.5 Å². The van der Waals surface area contributed by atoms with Gasteiger partial charge >= 0.3 is 5.97 Å². The number of anilines is 2. The molecular weight excluding hydrogens is 322 g/mol. The molecule has 1 atom stereocenters. The van der Waals surface area contributed by atoms with Crippen LogP contribution in [0, 0.1) is 0 Å². The SMILES string of the molecule is COC(=O)c1cc(N2CCOCC2)ccc1NC(=O)CC1CCCN1. The largest absolute Gasteiger partial charge is 0.465 e. The molecular formula is C18H25N3O4. The van der Waals surface area contributed by atoms with Gasteiger partial charge in [-0.3, -0.25) is 4.79 Å². The van der Waals surface area contributed by atoms with Crippen molar-refractivity contribution in [3.63, 3.8) is 0 Å². The minimum atomic E-state index is -0.454. The van der Waals surface area contributed by atoms with E-state index >= 15 is 0 Å². The van der Waals surface area contributed by atoms with Gasteiger partial charge in [-0.15, -0.1) is 0 Å². The van der Waals surface area contributed by atoms with E-state index in [1.165, 1.54) is 7.11 Å². The van der Waals surface area contributed by atoms with Gasteiger partial charge in [0.15, 0.2) is 0 Å². The molecule has 1 aromatic carbocycles. The van der Waals surface area contributed by atoms with Gasteiger partial charge in [0.05, 0.1) is 31.6 Å². The number of hydrogen-bond acceptors (Lipinski definition) is 6. The lowest BCUT2D eigenvalue weighted by Gasteiger charge is -2.29. The summed E-state index contributed by atoms with van der Waals surface area (Å²) in [5, 5.41) is 6.16. The molecule has 1 amide bonds. The monoisotopic (exact) mass is 347 g/mol. The third kappa shape index (κ3) is 4.49. The molecule has 0 spiro atoms. The number of amides is 1. The first-order valence-electron chi connectivity index (χ1n) is 8.75. The summed E-state index contributed by atoms with van der Waals surface area (Å²) < 4.78 is 10.3. The summed E-state index contributed by atoms with van der Waals surface area (Å²) in [5.41, 5.74) is 1.80. The van der Waals surface area contributed by atoms with Gasteiger partial charge in [-0.2, -0.15) is 0 Å². The smallest absolute Gasteiger partial charge is 0.340 e. The van der Waals surface area contributed by atoms with Crippen LogP contribution in [0.25, 0.3) is 0 Å². The maximum atomic E-state index is 12.3. The number of carbonyl (C=O) groups is 2. The Morgan fingerprint density at radius 1 is 1.36 bits per heavy atom. The number of nitrogens with zero attached hydrogens (tertiary/aromatic N) is 1. The van der Waals surface area contributed by atoms with Gasteiger partial charge in [-0.25, -0.2) is 4.79 Å². The predicted octanol–water partition coefficient (Wildman–Crippen LogP) is 1.39. The number of benzene rings is 1. The van der Waals surface area contributed by atoms with E-state index in [0.29, 0.717) is 30.9 Å². The van der Waals surface area contributed by atoms with Gasteiger partial charge in [-0.1, -0.05) is 0 Å². The van der Waals surface area contributed by atoms with E-state index in [1.807, 2.05) is 6.07 Å². The average Bonchev–Trinajstić information content (AvgIpc) is 3.15. The molecule has 0 radical (unpaired) electrons. The second kappa shape index (κ2) is 8.31. The van der Waals surface area contributed by atoms with E-state index < -0.39 is 5.97 Å². The van der Waals surface area contributed by atoms with Crippen LogP contribution in [-0.2, 0) is 14.3 Å². The molecule has 0 aliphatic carbocycles. The lowest BCUT2D eigenvalue weighted by molar-refractivity contribution is -0.116. The van der Waals surface area contributed by atoms with E-state index in [1.54, 1.807) is 12.1 Å². The Labute approximate surface area is 147 Å². The van der Waals surface area contributed by atoms with E-state index in [-0.39, 0.29) is 11.9 Å². The molecule has 0 aromatic heterocycles. The molecule has 0 saturated carbocycles. The first-order valence-corrected chi connectivity index (χ1v) is 8.75. The molecule has 2 N–H and O–H groups in total. The summed E-state index contributed by atoms with van der Waals surface area (Å²) in [6.07, 6.45) is 2.51. The molecule has 7 heteroatoms. The molecule has 2 aliphatic rings. The Bertz CT molecular complexity index is 623. The highest BCUT2D eigenvalue weighted by atomic mass is 16.5. The number of carbonyl (C=O) groups excluding carboxylic acids is 2. The molecule has 2 saturated heterocycles. The average molecular weight is 347 g/mol. The Morgan fingerprint density at radius 2 is 2.16 bits per heavy atom. The summed E-state index contributed by atoms with van der Waals surface area (Å²) in [4.78, 5) is 26.6. The van der Waals surface area contributed by atoms with Crippen molar-refractivity contribution in [1.29, 1.82) is 0 Å². The number of ether oxygens (including phenoxy) is 2. The van der Waals surface area contributed by atoms with Crippen LogP contribution in [0.1, 0.15) is 29.6 Å². The van der Waals surface area contributed by atoms with Gasteiger partial charge in [-0.05, 0) is 37.6 Å². The van der Waals surface area contributed by atoms with Crippen molar-refractivity contribution < 1.29 is 19.1 Å². The van der Waals surface area contributed by atoms with Crippen LogP contribution in [0.2, 0.25) is 0 Å². The van der Waals surface area contributed by atoms with Gasteiger partial charge in [0.1, 0.15) is 0 Å². The molecule has 7 nitrogen and oxygen atoms in total. The van der Waals surface area contributed by atoms with Gasteiger partial charge < -0.3 is 25.0 Å². The lowest BCUT2D eigenvalue weighted by Crippen LogP contribution is -2.36. The van der Waals surface area contributed by atoms with Gasteiger partial charge in [0.25, 0.3) is 0 Å². The number of methoxy groups -OCH3 is 1. The Hall–Kier alpha value is -2.12. The standard InChI is InChI=1S/C18H25N3O4/c1-24-18(23)15-12-14(21-7-9-25-10-8-21)4-5-16(15)20-17(22)11-13-3-2-6-19-13/h4-5,12-13,19H,2-3,6-11H2,1H3,(H,20,22). The topological polar surface area (TPSA) is 79.9 Å². The fraction of sp³-hybridized carbons (Fsp3) is 0.556. The van der Waals surface area contributed by atoms with Crippen molar-refractivity contribution in [1.82, 2.24) is 5.32 Å². The zero-order valence-corrected chi connectivity index (χ0v) is 14.5. The number of rotatable bonds is 5. The third-order valence-electron chi connectivity index (χ3n) is 4.65. The maximum absolute atomic E-state index is 12.3. The van der Waals surface area contributed by atoms with Crippen LogP contribution in [0.5, 0.6) is 0 Å². The molecule has 2 fully saturated rings. The van der Waals surface area contributed by atoms with Gasteiger partial charge in [0.2, 0.25) is 5.91 Å². The predicted molar refractivity (Wildman–Crippen MR) is 95.1 cm³/mol. The van der Waals surface area contributed by atoms with E-state index in [2.05, 4.69) is 15.5 Å². The number of hydrogen-bond donors (Lipinski definition) is 2. The van der Waals surface area contributed by atoms with E-state index in [0.717, 1.165) is 38.2 Å². The molecule has 0 bridgehead atoms. The minimum Gasteiger partial charge on any atom is -0.465 e. The molecule has 3 rings (SSSR count). The normalized spacial score (nSPS) is 20.4. The molecule has 2 aliphatic heterocycles. The number of esters is 1. The van der Waals surface area contributed by atoms with Crippen molar-refractivity contribution in [2.24, 2.45) is 0 Å². The summed E-state index contributed by atoms with van der Waals surface area (Å²) in [6.45, 7) is 3.85. The molecule has 2 heterocycles. The second-order valence-electron chi connectivity index (χ2n) is 6.37. The molecule has 1 unspecified atom stereocenters. The maximum Gasteiger partial charge on any atom is 0.340 e. The third-order valence-corrected chi connectivity index (χ3v) is 4.65. The van der Waals surface area contributed by atoms with Crippen molar-refractivity contribution in [2.75, 3.05) is 50.2 Å². The summed E-state index contributed by atoms with van der Waals surface area (Å²) >= 11 is 0. The van der Waals surface area contributed by atoms with Crippen LogP contribution >= 0.6 is 0 Å². The van der Waals surface area contributed by atoms with E-state index in [4.69, 9.17) is 9.47 Å². The summed E-state index contributed by atoms with van der Waals surface area (Å²) in [6, 6.07) is 5.69. The first-order chi connectivity index (χ1) is 12.2. The molecule has 1 aromatic rings. The fourth-order valence-corrected chi connectivity index (χ4v) is 3.29. The number of nitrogens with one attached hydrogen (secondary N) is 2. The van der Waals surface area contributed by atoms with Crippen molar-refractivity contribution in [2.45, 2.75) is 25.3 Å². The van der Waals surface area contributed by atoms with Crippen LogP contribution in [0.3, 0.4) is 0 Å². The second-order valence-corrected chi connectivity index (χ2v) is 6.37. The van der Waals surface area contributed by atoms with Crippen molar-refractivity contribution in [3.05, 3.63) is 23.8 Å². The zero-order valence-electron chi connectivity index (χ0n) is 14.5. The molecule has 136 valence electrons.